The second-order valence-electron chi connectivity index (χ2n) is 9.72. The molecular weight excluding hydrogens is 470 g/mol. The quantitative estimate of drug-likeness (QED) is 0.329. The molecule has 192 valence electrons. The Morgan fingerprint density at radius 2 is 1.64 bits per heavy atom. The minimum Gasteiger partial charge on any atom is -0.441 e. The summed E-state index contributed by atoms with van der Waals surface area (Å²) in [6, 6.07) is 18.6. The number of hydrogen-bond acceptors (Lipinski definition) is 6. The number of aromatic nitrogens is 1. The van der Waals surface area contributed by atoms with Crippen LogP contribution in [0.4, 0.5) is 0 Å². The van der Waals surface area contributed by atoms with Gasteiger partial charge >= 0.3 is 0 Å². The largest absolute Gasteiger partial charge is 0.441 e. The van der Waals surface area contributed by atoms with Crippen LogP contribution in [0.25, 0.3) is 11.5 Å². The molecule has 1 fully saturated rings. The smallest absolute Gasteiger partial charge is 0.226 e. The van der Waals surface area contributed by atoms with E-state index in [1.165, 1.54) is 11.1 Å². The Bertz CT molecular complexity index is 1140. The van der Waals surface area contributed by atoms with Crippen LogP contribution in [0.15, 0.2) is 59.0 Å². The number of oxazole rings is 1. The van der Waals surface area contributed by atoms with Gasteiger partial charge in [-0.2, -0.15) is 0 Å². The summed E-state index contributed by atoms with van der Waals surface area (Å²) in [7, 11) is -1.28. The molecule has 0 bridgehead atoms. The number of Topliss-reactive ketones (excluding diaryl/α,β-unsaturated/α-hetero) is 1. The molecule has 1 aliphatic heterocycles. The van der Waals surface area contributed by atoms with Crippen molar-refractivity contribution in [1.29, 1.82) is 0 Å². The molecule has 1 unspecified atom stereocenters. The number of carbonyl (C=O) groups is 1. The lowest BCUT2D eigenvalue weighted by molar-refractivity contribution is -0.116. The van der Waals surface area contributed by atoms with Crippen LogP contribution in [0.5, 0.6) is 0 Å². The number of rotatable bonds is 12. The van der Waals surface area contributed by atoms with Crippen molar-refractivity contribution in [3.63, 3.8) is 0 Å². The number of ketones is 1. The van der Waals surface area contributed by atoms with Crippen LogP contribution in [0.2, 0.25) is 0 Å². The van der Waals surface area contributed by atoms with Gasteiger partial charge in [0.25, 0.3) is 0 Å². The average Bonchev–Trinajstić information content (AvgIpc) is 3.23. The molecule has 1 atom stereocenters. The number of piperazine rings is 1. The molecule has 1 aromatic heterocycles. The van der Waals surface area contributed by atoms with Gasteiger partial charge in [0.1, 0.15) is 11.5 Å². The maximum Gasteiger partial charge on any atom is 0.226 e. The van der Waals surface area contributed by atoms with E-state index in [0.29, 0.717) is 23.8 Å². The van der Waals surface area contributed by atoms with E-state index in [4.69, 9.17) is 4.42 Å². The highest BCUT2D eigenvalue weighted by molar-refractivity contribution is 7.84. The van der Waals surface area contributed by atoms with E-state index in [-0.39, 0.29) is 17.3 Å². The van der Waals surface area contributed by atoms with Crippen LogP contribution in [0, 0.1) is 13.8 Å². The molecule has 1 saturated heterocycles. The molecule has 2 heterocycles. The van der Waals surface area contributed by atoms with E-state index in [0.717, 1.165) is 57.7 Å². The van der Waals surface area contributed by atoms with Crippen molar-refractivity contribution in [2.45, 2.75) is 45.4 Å². The SMILES string of the molecule is Cc1ccc(-c2nc(CS(=O)CC(=O)CCCCN3CCN(Cc4ccccc4)CC3)c(C)o2)cc1. The van der Waals surface area contributed by atoms with Crippen LogP contribution in [0.3, 0.4) is 0 Å². The van der Waals surface area contributed by atoms with Crippen molar-refractivity contribution < 1.29 is 13.4 Å². The highest BCUT2D eigenvalue weighted by atomic mass is 32.2. The van der Waals surface area contributed by atoms with Crippen LogP contribution in [-0.2, 0) is 27.9 Å². The Labute approximate surface area is 217 Å². The van der Waals surface area contributed by atoms with E-state index < -0.39 is 10.8 Å². The lowest BCUT2D eigenvalue weighted by Gasteiger charge is -2.34. The summed E-state index contributed by atoms with van der Waals surface area (Å²) in [4.78, 5) is 21.9. The first kappa shape index (κ1) is 26.5. The molecule has 4 rings (SSSR count). The van der Waals surface area contributed by atoms with E-state index in [2.05, 4.69) is 45.1 Å². The molecule has 0 amide bonds. The standard InChI is InChI=1S/C29H37N3O3S/c1-23-11-13-26(14-12-23)29-30-28(24(2)35-29)22-36(34)21-27(33)10-6-7-15-31-16-18-32(19-17-31)20-25-8-4-3-5-9-25/h3-5,8-9,11-14H,6-7,10,15-22H2,1-2H3. The van der Waals surface area contributed by atoms with Gasteiger partial charge in [0, 0.05) is 55.5 Å². The summed E-state index contributed by atoms with van der Waals surface area (Å²) in [5, 5.41) is 0. The minimum absolute atomic E-state index is 0.0703. The third-order valence-corrected chi connectivity index (χ3v) is 7.94. The second-order valence-corrected chi connectivity index (χ2v) is 11.2. The summed E-state index contributed by atoms with van der Waals surface area (Å²) in [5.74, 6) is 1.60. The van der Waals surface area contributed by atoms with Crippen molar-refractivity contribution in [3.05, 3.63) is 77.2 Å². The summed E-state index contributed by atoms with van der Waals surface area (Å²) in [6.45, 7) is 10.2. The third-order valence-electron chi connectivity index (χ3n) is 6.70. The zero-order valence-corrected chi connectivity index (χ0v) is 22.3. The molecule has 0 saturated carbocycles. The van der Waals surface area contributed by atoms with Crippen LogP contribution in [0.1, 0.15) is 41.8 Å². The minimum atomic E-state index is -1.28. The van der Waals surface area contributed by atoms with Gasteiger partial charge in [-0.15, -0.1) is 0 Å². The zero-order chi connectivity index (χ0) is 25.3. The fraction of sp³-hybridized carbons (Fsp3) is 0.448. The molecule has 2 aromatic carbocycles. The molecule has 7 heteroatoms. The van der Waals surface area contributed by atoms with Crippen molar-refractivity contribution in [1.82, 2.24) is 14.8 Å². The van der Waals surface area contributed by atoms with Gasteiger partial charge in [-0.25, -0.2) is 4.98 Å². The Morgan fingerprint density at radius 1 is 0.944 bits per heavy atom. The molecule has 0 N–H and O–H groups in total. The zero-order valence-electron chi connectivity index (χ0n) is 21.4. The maximum absolute atomic E-state index is 12.6. The van der Waals surface area contributed by atoms with E-state index >= 15 is 0 Å². The molecule has 1 aliphatic rings. The normalized spacial score (nSPS) is 15.7. The van der Waals surface area contributed by atoms with Gasteiger partial charge in [-0.3, -0.25) is 13.9 Å². The number of unbranched alkanes of at least 4 members (excludes halogenated alkanes) is 1. The predicted molar refractivity (Wildman–Crippen MR) is 145 cm³/mol. The van der Waals surface area contributed by atoms with Crippen LogP contribution < -0.4 is 0 Å². The maximum atomic E-state index is 12.6. The molecule has 36 heavy (non-hydrogen) atoms. The molecule has 0 radical (unpaired) electrons. The van der Waals surface area contributed by atoms with Crippen molar-refractivity contribution in [2.75, 3.05) is 38.5 Å². The summed E-state index contributed by atoms with van der Waals surface area (Å²) < 4.78 is 18.4. The topological polar surface area (TPSA) is 66.7 Å². The lowest BCUT2D eigenvalue weighted by Crippen LogP contribution is -2.46. The molecule has 6 nitrogen and oxygen atoms in total. The Morgan fingerprint density at radius 3 is 2.36 bits per heavy atom. The monoisotopic (exact) mass is 507 g/mol. The van der Waals surface area contributed by atoms with Crippen LogP contribution in [-0.4, -0.2) is 63.3 Å². The van der Waals surface area contributed by atoms with Gasteiger partial charge < -0.3 is 9.32 Å². The van der Waals surface area contributed by atoms with Gasteiger partial charge in [0.2, 0.25) is 5.89 Å². The third kappa shape index (κ3) is 7.95. The lowest BCUT2D eigenvalue weighted by atomic mass is 10.1. The average molecular weight is 508 g/mol. The molecule has 0 spiro atoms. The Balaban J connectivity index is 1.11. The van der Waals surface area contributed by atoms with Gasteiger partial charge in [-0.05, 0) is 50.9 Å². The fourth-order valence-electron chi connectivity index (χ4n) is 4.51. The first-order valence-electron chi connectivity index (χ1n) is 12.8. The van der Waals surface area contributed by atoms with E-state index in [1.807, 2.05) is 38.1 Å². The number of carbonyl (C=O) groups excluding carboxylic acids is 1. The van der Waals surface area contributed by atoms with Gasteiger partial charge in [0.05, 0.1) is 17.2 Å². The van der Waals surface area contributed by atoms with Crippen molar-refractivity contribution in [2.24, 2.45) is 0 Å². The molecule has 0 aliphatic carbocycles. The first-order valence-corrected chi connectivity index (χ1v) is 14.3. The van der Waals surface area contributed by atoms with Gasteiger partial charge in [0.15, 0.2) is 0 Å². The summed E-state index contributed by atoms with van der Waals surface area (Å²) >= 11 is 0. The van der Waals surface area contributed by atoms with Crippen molar-refractivity contribution >= 4 is 16.6 Å². The number of aryl methyl sites for hydroxylation is 2. The number of nitrogens with zero attached hydrogens (tertiary/aromatic N) is 3. The van der Waals surface area contributed by atoms with E-state index in [9.17, 15) is 9.00 Å². The number of hydrogen-bond donors (Lipinski definition) is 0. The highest BCUT2D eigenvalue weighted by Gasteiger charge is 2.18. The Hall–Kier alpha value is -2.61. The molecular formula is C29H37N3O3S. The van der Waals surface area contributed by atoms with Gasteiger partial charge in [-0.1, -0.05) is 48.0 Å². The number of benzene rings is 2. The summed E-state index contributed by atoms with van der Waals surface area (Å²) in [6.07, 6.45) is 2.34. The fourth-order valence-corrected chi connectivity index (χ4v) is 5.69. The Kier molecular flexibility index (Phi) is 9.61. The summed E-state index contributed by atoms with van der Waals surface area (Å²) in [5.41, 5.74) is 4.10. The van der Waals surface area contributed by atoms with E-state index in [1.54, 1.807) is 0 Å². The van der Waals surface area contributed by atoms with Crippen LogP contribution >= 0.6 is 0 Å². The molecule has 3 aromatic rings. The predicted octanol–water partition coefficient (Wildman–Crippen LogP) is 4.76. The highest BCUT2D eigenvalue weighted by Crippen LogP contribution is 2.23. The second kappa shape index (κ2) is 13.1. The first-order chi connectivity index (χ1) is 17.5. The van der Waals surface area contributed by atoms with Crippen molar-refractivity contribution in [3.8, 4) is 11.5 Å².